The molecule has 6 heteroatoms. The zero-order valence-electron chi connectivity index (χ0n) is 12.5. The molecule has 2 atom stereocenters. The van der Waals surface area contributed by atoms with E-state index in [1.165, 1.54) is 0 Å². The number of nitro benzene ring substituents is 1. The summed E-state index contributed by atoms with van der Waals surface area (Å²) in [6, 6.07) is 12.3. The predicted molar refractivity (Wildman–Crippen MR) is 85.1 cm³/mol. The van der Waals surface area contributed by atoms with Crippen LogP contribution in [-0.4, -0.2) is 16.1 Å². The third-order valence-electron chi connectivity index (χ3n) is 4.15. The van der Waals surface area contributed by atoms with Gasteiger partial charge in [-0.05, 0) is 30.0 Å². The lowest BCUT2D eigenvalue weighted by molar-refractivity contribution is -0.386. The van der Waals surface area contributed by atoms with Gasteiger partial charge in [0.2, 0.25) is 0 Å². The Morgan fingerprint density at radius 2 is 2.00 bits per heavy atom. The number of nitrogens with zero attached hydrogens (tertiary/aromatic N) is 1. The zero-order chi connectivity index (χ0) is 16.4. The number of hydrogen-bond acceptors (Lipinski definition) is 5. The topological polar surface area (TPSA) is 98.6 Å². The van der Waals surface area contributed by atoms with Crippen molar-refractivity contribution < 1.29 is 14.8 Å². The molecule has 0 amide bonds. The highest BCUT2D eigenvalue weighted by atomic mass is 16.6. The van der Waals surface area contributed by atoms with Gasteiger partial charge in [0.05, 0.1) is 11.0 Å². The Bertz CT molecular complexity index is 718. The molecule has 0 saturated heterocycles. The van der Waals surface area contributed by atoms with Crippen LogP contribution in [0, 0.1) is 10.1 Å². The van der Waals surface area contributed by atoms with E-state index < -0.39 is 17.1 Å². The molecule has 0 saturated carbocycles. The van der Waals surface area contributed by atoms with Crippen LogP contribution < -0.4 is 10.5 Å². The van der Waals surface area contributed by atoms with Crippen molar-refractivity contribution in [3.8, 4) is 5.75 Å². The van der Waals surface area contributed by atoms with Crippen molar-refractivity contribution in [3.63, 3.8) is 0 Å². The van der Waals surface area contributed by atoms with E-state index in [9.17, 15) is 15.2 Å². The smallest absolute Gasteiger partial charge is 0.314 e. The number of nitrogens with two attached hydrogens (primary N) is 1. The first kappa shape index (κ1) is 15.5. The lowest BCUT2D eigenvalue weighted by atomic mass is 9.85. The Kier molecular flexibility index (Phi) is 4.27. The van der Waals surface area contributed by atoms with Gasteiger partial charge in [-0.1, -0.05) is 36.4 Å². The minimum atomic E-state index is -0.874. The molecule has 1 aliphatic rings. The Morgan fingerprint density at radius 3 is 2.70 bits per heavy atom. The average molecular weight is 314 g/mol. The van der Waals surface area contributed by atoms with Gasteiger partial charge < -0.3 is 15.6 Å². The van der Waals surface area contributed by atoms with Crippen LogP contribution in [0.5, 0.6) is 5.75 Å². The molecule has 1 aliphatic carbocycles. The van der Waals surface area contributed by atoms with Crippen molar-refractivity contribution in [1.29, 1.82) is 0 Å². The van der Waals surface area contributed by atoms with Gasteiger partial charge in [0.1, 0.15) is 6.61 Å². The summed E-state index contributed by atoms with van der Waals surface area (Å²) in [5.74, 6) is 0.222. The SMILES string of the molecule is NC1CCc2c(ccc(OCc3ccccc3)c2[N+](=O)[O-])C1O. The molecule has 0 aromatic heterocycles. The second kappa shape index (κ2) is 6.36. The van der Waals surface area contributed by atoms with Crippen LogP contribution in [0.15, 0.2) is 42.5 Å². The normalized spacial score (nSPS) is 19.9. The van der Waals surface area contributed by atoms with Crippen LogP contribution in [0.2, 0.25) is 0 Å². The molecule has 120 valence electrons. The van der Waals surface area contributed by atoms with Gasteiger partial charge in [0.25, 0.3) is 0 Å². The highest BCUT2D eigenvalue weighted by Crippen LogP contribution is 2.40. The fourth-order valence-electron chi connectivity index (χ4n) is 2.92. The van der Waals surface area contributed by atoms with Gasteiger partial charge in [-0.15, -0.1) is 0 Å². The molecule has 0 bridgehead atoms. The van der Waals surface area contributed by atoms with Gasteiger partial charge in [-0.2, -0.15) is 0 Å². The van der Waals surface area contributed by atoms with E-state index in [0.29, 0.717) is 24.0 Å². The number of aliphatic hydroxyl groups is 1. The summed E-state index contributed by atoms with van der Waals surface area (Å²) in [4.78, 5) is 11.1. The Hall–Kier alpha value is -2.44. The van der Waals surface area contributed by atoms with E-state index in [0.717, 1.165) is 5.56 Å². The highest BCUT2D eigenvalue weighted by Gasteiger charge is 2.33. The first-order chi connectivity index (χ1) is 11.1. The Labute approximate surface area is 133 Å². The zero-order valence-corrected chi connectivity index (χ0v) is 12.5. The van der Waals surface area contributed by atoms with Crippen LogP contribution in [0.3, 0.4) is 0 Å². The number of hydrogen-bond donors (Lipinski definition) is 2. The van der Waals surface area contributed by atoms with Crippen molar-refractivity contribution in [2.45, 2.75) is 31.6 Å². The van der Waals surface area contributed by atoms with Crippen molar-refractivity contribution in [2.75, 3.05) is 0 Å². The van der Waals surface area contributed by atoms with E-state index in [4.69, 9.17) is 10.5 Å². The van der Waals surface area contributed by atoms with Crippen molar-refractivity contribution in [3.05, 3.63) is 69.3 Å². The van der Waals surface area contributed by atoms with Gasteiger partial charge >= 0.3 is 5.69 Å². The number of fused-ring (bicyclic) bond motifs is 1. The second-order valence-corrected chi connectivity index (χ2v) is 5.66. The van der Waals surface area contributed by atoms with Gasteiger partial charge in [-0.25, -0.2) is 0 Å². The maximum Gasteiger partial charge on any atom is 0.314 e. The summed E-state index contributed by atoms with van der Waals surface area (Å²) in [5, 5.41) is 21.7. The molecule has 23 heavy (non-hydrogen) atoms. The number of rotatable bonds is 4. The molecule has 0 aliphatic heterocycles. The van der Waals surface area contributed by atoms with E-state index in [2.05, 4.69) is 0 Å². The monoisotopic (exact) mass is 314 g/mol. The number of aliphatic hydroxyl groups excluding tert-OH is 1. The second-order valence-electron chi connectivity index (χ2n) is 5.66. The van der Waals surface area contributed by atoms with Gasteiger partial charge in [0, 0.05) is 11.6 Å². The molecule has 3 rings (SSSR count). The summed E-state index contributed by atoms with van der Waals surface area (Å²) >= 11 is 0. The fraction of sp³-hybridized carbons (Fsp3) is 0.294. The largest absolute Gasteiger partial charge is 0.482 e. The van der Waals surface area contributed by atoms with E-state index >= 15 is 0 Å². The lowest BCUT2D eigenvalue weighted by Gasteiger charge is -2.27. The van der Waals surface area contributed by atoms with Crippen molar-refractivity contribution in [2.24, 2.45) is 5.73 Å². The summed E-state index contributed by atoms with van der Waals surface area (Å²) in [6.07, 6.45) is 0.101. The third-order valence-corrected chi connectivity index (χ3v) is 4.15. The molecule has 0 radical (unpaired) electrons. The van der Waals surface area contributed by atoms with Crippen LogP contribution in [0.1, 0.15) is 29.2 Å². The minimum absolute atomic E-state index is 0.0654. The molecule has 2 unspecified atom stereocenters. The molecule has 0 heterocycles. The van der Waals surface area contributed by atoms with Gasteiger partial charge in [0.15, 0.2) is 5.75 Å². The Balaban J connectivity index is 1.93. The van der Waals surface area contributed by atoms with E-state index in [1.54, 1.807) is 12.1 Å². The van der Waals surface area contributed by atoms with Crippen LogP contribution in [-0.2, 0) is 13.0 Å². The van der Waals surface area contributed by atoms with E-state index in [-0.39, 0.29) is 18.0 Å². The fourth-order valence-corrected chi connectivity index (χ4v) is 2.92. The molecular formula is C17H18N2O4. The van der Waals surface area contributed by atoms with Crippen LogP contribution in [0.4, 0.5) is 5.69 Å². The summed E-state index contributed by atoms with van der Waals surface area (Å²) in [7, 11) is 0. The van der Waals surface area contributed by atoms with E-state index in [1.807, 2.05) is 30.3 Å². The lowest BCUT2D eigenvalue weighted by Crippen LogP contribution is -2.33. The molecular weight excluding hydrogens is 296 g/mol. The average Bonchev–Trinajstić information content (AvgIpc) is 2.56. The molecule has 2 aromatic rings. The van der Waals surface area contributed by atoms with Crippen molar-refractivity contribution in [1.82, 2.24) is 0 Å². The number of benzene rings is 2. The van der Waals surface area contributed by atoms with Crippen LogP contribution in [0.25, 0.3) is 0 Å². The summed E-state index contributed by atoms with van der Waals surface area (Å²) in [5.41, 5.74) is 7.76. The van der Waals surface area contributed by atoms with Gasteiger partial charge in [-0.3, -0.25) is 10.1 Å². The number of ether oxygens (including phenoxy) is 1. The maximum absolute atomic E-state index is 11.5. The Morgan fingerprint density at radius 1 is 1.26 bits per heavy atom. The predicted octanol–water partition coefficient (Wildman–Crippen LogP) is 2.48. The maximum atomic E-state index is 11.5. The van der Waals surface area contributed by atoms with Crippen molar-refractivity contribution >= 4 is 5.69 Å². The molecule has 2 aromatic carbocycles. The minimum Gasteiger partial charge on any atom is -0.482 e. The third kappa shape index (κ3) is 3.04. The first-order valence-electron chi connectivity index (χ1n) is 7.48. The molecule has 0 spiro atoms. The van der Waals surface area contributed by atoms with Crippen LogP contribution >= 0.6 is 0 Å². The quantitative estimate of drug-likeness (QED) is 0.667. The summed E-state index contributed by atoms with van der Waals surface area (Å²) in [6.45, 7) is 0.253. The number of nitro groups is 1. The molecule has 6 nitrogen and oxygen atoms in total. The highest BCUT2D eigenvalue weighted by molar-refractivity contribution is 5.58. The molecule has 0 fully saturated rings. The first-order valence-corrected chi connectivity index (χ1v) is 7.48. The molecule has 3 N–H and O–H groups in total. The standard InChI is InChI=1S/C17H18N2O4/c18-14-8-6-12-13(17(14)20)7-9-15(16(12)19(21)22)23-10-11-4-2-1-3-5-11/h1-5,7,9,14,17,20H,6,8,10,18H2. The summed E-state index contributed by atoms with van der Waals surface area (Å²) < 4.78 is 5.66.